The largest absolute Gasteiger partial charge is 0.352 e. The smallest absolute Gasteiger partial charge is 0.237 e. The van der Waals surface area contributed by atoms with E-state index in [0.29, 0.717) is 17.5 Å². The summed E-state index contributed by atoms with van der Waals surface area (Å²) in [6.45, 7) is 6.42. The second-order valence-electron chi connectivity index (χ2n) is 5.42. The molecule has 2 aliphatic carbocycles. The molecule has 0 saturated heterocycles. The third-order valence-electron chi connectivity index (χ3n) is 3.28. The quantitative estimate of drug-likeness (QED) is 0.705. The second kappa shape index (κ2) is 3.23. The van der Waals surface area contributed by atoms with Crippen LogP contribution in [0.3, 0.4) is 0 Å². The summed E-state index contributed by atoms with van der Waals surface area (Å²) in [5, 5.41) is 6.38. The Balaban J connectivity index is 1.72. The SMILES string of the molecule is CC(NC1CC1(C)C)C(=O)NC1CC1. The van der Waals surface area contributed by atoms with E-state index in [1.54, 1.807) is 0 Å². The zero-order valence-electron chi connectivity index (χ0n) is 9.26. The number of nitrogens with one attached hydrogen (secondary N) is 2. The van der Waals surface area contributed by atoms with Crippen molar-refractivity contribution in [2.45, 2.75) is 58.2 Å². The minimum atomic E-state index is -0.0395. The average Bonchev–Trinajstić information content (AvgIpc) is 2.93. The van der Waals surface area contributed by atoms with Gasteiger partial charge >= 0.3 is 0 Å². The van der Waals surface area contributed by atoms with Gasteiger partial charge in [0, 0.05) is 12.1 Å². The van der Waals surface area contributed by atoms with E-state index in [9.17, 15) is 4.79 Å². The Labute approximate surface area is 85.6 Å². The Morgan fingerprint density at radius 2 is 2.00 bits per heavy atom. The van der Waals surface area contributed by atoms with E-state index >= 15 is 0 Å². The van der Waals surface area contributed by atoms with Crippen LogP contribution in [-0.2, 0) is 4.79 Å². The first-order valence-corrected chi connectivity index (χ1v) is 5.55. The van der Waals surface area contributed by atoms with Crippen molar-refractivity contribution >= 4 is 5.91 Å². The number of hydrogen-bond acceptors (Lipinski definition) is 2. The molecule has 0 aliphatic heterocycles. The van der Waals surface area contributed by atoms with E-state index in [2.05, 4.69) is 24.5 Å². The molecule has 2 unspecified atom stereocenters. The highest BCUT2D eigenvalue weighted by atomic mass is 16.2. The van der Waals surface area contributed by atoms with Crippen LogP contribution in [0.1, 0.15) is 40.0 Å². The van der Waals surface area contributed by atoms with Crippen LogP contribution in [0.25, 0.3) is 0 Å². The summed E-state index contributed by atoms with van der Waals surface area (Å²) < 4.78 is 0. The van der Waals surface area contributed by atoms with Gasteiger partial charge < -0.3 is 10.6 Å². The van der Waals surface area contributed by atoms with Gasteiger partial charge in [0.25, 0.3) is 0 Å². The molecule has 0 spiro atoms. The van der Waals surface area contributed by atoms with Crippen molar-refractivity contribution in [1.82, 2.24) is 10.6 Å². The lowest BCUT2D eigenvalue weighted by Crippen LogP contribution is -2.44. The third kappa shape index (κ3) is 2.27. The fraction of sp³-hybridized carbons (Fsp3) is 0.909. The molecule has 0 aromatic heterocycles. The average molecular weight is 196 g/mol. The fourth-order valence-corrected chi connectivity index (χ4v) is 1.68. The zero-order valence-corrected chi connectivity index (χ0v) is 9.26. The van der Waals surface area contributed by atoms with Crippen LogP contribution in [0.4, 0.5) is 0 Å². The highest BCUT2D eigenvalue weighted by Crippen LogP contribution is 2.44. The van der Waals surface area contributed by atoms with Gasteiger partial charge in [0.1, 0.15) is 0 Å². The zero-order chi connectivity index (χ0) is 10.3. The Morgan fingerprint density at radius 1 is 1.43 bits per heavy atom. The van der Waals surface area contributed by atoms with Crippen LogP contribution in [0.15, 0.2) is 0 Å². The van der Waals surface area contributed by atoms with Crippen molar-refractivity contribution in [3.63, 3.8) is 0 Å². The molecule has 1 amide bonds. The van der Waals surface area contributed by atoms with E-state index < -0.39 is 0 Å². The van der Waals surface area contributed by atoms with Crippen LogP contribution in [0, 0.1) is 5.41 Å². The molecule has 2 saturated carbocycles. The van der Waals surface area contributed by atoms with Crippen molar-refractivity contribution in [2.75, 3.05) is 0 Å². The maximum absolute atomic E-state index is 11.6. The molecule has 3 heteroatoms. The lowest BCUT2D eigenvalue weighted by atomic mass is 10.2. The summed E-state index contributed by atoms with van der Waals surface area (Å²) in [6, 6.07) is 0.962. The summed E-state index contributed by atoms with van der Waals surface area (Å²) in [7, 11) is 0. The Kier molecular flexibility index (Phi) is 2.30. The summed E-state index contributed by atoms with van der Waals surface area (Å²) in [5.74, 6) is 0.162. The van der Waals surface area contributed by atoms with Crippen molar-refractivity contribution in [1.29, 1.82) is 0 Å². The van der Waals surface area contributed by atoms with Crippen molar-refractivity contribution < 1.29 is 4.79 Å². The molecule has 0 aromatic carbocycles. The number of carbonyl (C=O) groups excluding carboxylic acids is 1. The summed E-state index contributed by atoms with van der Waals surface area (Å²) in [6.07, 6.45) is 3.51. The number of hydrogen-bond donors (Lipinski definition) is 2. The molecule has 2 N–H and O–H groups in total. The number of carbonyl (C=O) groups is 1. The summed E-state index contributed by atoms with van der Waals surface area (Å²) in [5.41, 5.74) is 0.397. The standard InChI is InChI=1S/C11H20N2O/c1-7(10(14)13-8-4-5-8)12-9-6-11(9,2)3/h7-9,12H,4-6H2,1-3H3,(H,13,14). The molecule has 2 fully saturated rings. The first-order chi connectivity index (χ1) is 6.49. The van der Waals surface area contributed by atoms with Crippen molar-refractivity contribution in [3.05, 3.63) is 0 Å². The van der Waals surface area contributed by atoms with E-state index in [1.807, 2.05) is 6.92 Å². The molecular formula is C11H20N2O. The topological polar surface area (TPSA) is 41.1 Å². The Bertz CT molecular complexity index is 246. The molecule has 2 atom stereocenters. The molecule has 0 aromatic rings. The van der Waals surface area contributed by atoms with Gasteiger partial charge in [0.2, 0.25) is 5.91 Å². The molecule has 0 bridgehead atoms. The highest BCUT2D eigenvalue weighted by molar-refractivity contribution is 5.81. The molecule has 0 heterocycles. The minimum absolute atomic E-state index is 0.0395. The van der Waals surface area contributed by atoms with Gasteiger partial charge in [-0.15, -0.1) is 0 Å². The minimum Gasteiger partial charge on any atom is -0.352 e. The maximum Gasteiger partial charge on any atom is 0.237 e. The van der Waals surface area contributed by atoms with Gasteiger partial charge in [-0.3, -0.25) is 4.79 Å². The van der Waals surface area contributed by atoms with Crippen LogP contribution < -0.4 is 10.6 Å². The van der Waals surface area contributed by atoms with Gasteiger partial charge in [-0.25, -0.2) is 0 Å². The van der Waals surface area contributed by atoms with Gasteiger partial charge in [-0.05, 0) is 31.6 Å². The molecule has 0 radical (unpaired) electrons. The molecule has 2 aliphatic rings. The maximum atomic E-state index is 11.6. The molecular weight excluding hydrogens is 176 g/mol. The van der Waals surface area contributed by atoms with Crippen molar-refractivity contribution in [2.24, 2.45) is 5.41 Å². The first-order valence-electron chi connectivity index (χ1n) is 5.55. The Morgan fingerprint density at radius 3 is 2.43 bits per heavy atom. The second-order valence-corrected chi connectivity index (χ2v) is 5.42. The van der Waals surface area contributed by atoms with Crippen LogP contribution in [0.5, 0.6) is 0 Å². The van der Waals surface area contributed by atoms with Gasteiger partial charge in [0.05, 0.1) is 6.04 Å². The lowest BCUT2D eigenvalue weighted by Gasteiger charge is -2.14. The van der Waals surface area contributed by atoms with Gasteiger partial charge in [-0.1, -0.05) is 13.8 Å². The molecule has 14 heavy (non-hydrogen) atoms. The molecule has 3 nitrogen and oxygen atoms in total. The molecule has 2 rings (SSSR count). The van der Waals surface area contributed by atoms with Crippen LogP contribution in [-0.4, -0.2) is 24.0 Å². The monoisotopic (exact) mass is 196 g/mol. The third-order valence-corrected chi connectivity index (χ3v) is 3.28. The summed E-state index contributed by atoms with van der Waals surface area (Å²) in [4.78, 5) is 11.6. The fourth-order valence-electron chi connectivity index (χ4n) is 1.68. The van der Waals surface area contributed by atoms with Crippen LogP contribution in [0.2, 0.25) is 0 Å². The lowest BCUT2D eigenvalue weighted by molar-refractivity contribution is -0.122. The number of amides is 1. The van der Waals surface area contributed by atoms with E-state index in [0.717, 1.165) is 12.8 Å². The van der Waals surface area contributed by atoms with Crippen molar-refractivity contribution in [3.8, 4) is 0 Å². The Hall–Kier alpha value is -0.570. The van der Waals surface area contributed by atoms with Gasteiger partial charge in [-0.2, -0.15) is 0 Å². The number of rotatable bonds is 4. The van der Waals surface area contributed by atoms with Crippen LogP contribution >= 0.6 is 0 Å². The van der Waals surface area contributed by atoms with E-state index in [1.165, 1.54) is 6.42 Å². The van der Waals surface area contributed by atoms with E-state index in [-0.39, 0.29) is 11.9 Å². The first kappa shape index (κ1) is 9.97. The highest BCUT2D eigenvalue weighted by Gasteiger charge is 2.46. The summed E-state index contributed by atoms with van der Waals surface area (Å²) >= 11 is 0. The predicted octanol–water partition coefficient (Wildman–Crippen LogP) is 1.04. The van der Waals surface area contributed by atoms with Gasteiger partial charge in [0.15, 0.2) is 0 Å². The normalized spacial score (nSPS) is 30.9. The predicted molar refractivity (Wildman–Crippen MR) is 55.9 cm³/mol. The molecule has 80 valence electrons. The van der Waals surface area contributed by atoms with E-state index in [4.69, 9.17) is 0 Å².